The molecule has 5 rings (SSSR count). The summed E-state index contributed by atoms with van der Waals surface area (Å²) in [5.41, 5.74) is 11.4. The Bertz CT molecular complexity index is 1670. The average molecular weight is 598 g/mol. The van der Waals surface area contributed by atoms with Crippen molar-refractivity contribution in [2.45, 2.75) is 52.5 Å². The minimum atomic E-state index is 0.0165. The Balaban J connectivity index is 1.30. The second kappa shape index (κ2) is 14.3. The molecule has 2 aromatic heterocycles. The normalized spacial score (nSPS) is 13.2. The van der Waals surface area contributed by atoms with Gasteiger partial charge >= 0.3 is 0 Å². The van der Waals surface area contributed by atoms with Gasteiger partial charge in [0.05, 0.1) is 10.6 Å². The van der Waals surface area contributed by atoms with Crippen molar-refractivity contribution in [3.63, 3.8) is 0 Å². The summed E-state index contributed by atoms with van der Waals surface area (Å²) in [6.45, 7) is 6.76. The number of rotatable bonds is 12. The molecule has 43 heavy (non-hydrogen) atoms. The summed E-state index contributed by atoms with van der Waals surface area (Å²) in [5, 5.41) is 9.57. The number of ether oxygens (including phenoxy) is 2. The number of nitrogens with zero attached hydrogens (tertiary/aromatic N) is 4. The Hall–Kier alpha value is -4.16. The molecule has 0 saturated carbocycles. The highest BCUT2D eigenvalue weighted by Crippen LogP contribution is 2.34. The van der Waals surface area contributed by atoms with Gasteiger partial charge in [-0.25, -0.2) is 0 Å². The summed E-state index contributed by atoms with van der Waals surface area (Å²) in [7, 11) is 0. The lowest BCUT2D eigenvalue weighted by Crippen LogP contribution is -2.25. The van der Waals surface area contributed by atoms with Crippen molar-refractivity contribution in [3.8, 4) is 28.7 Å². The number of benzene rings is 2. The van der Waals surface area contributed by atoms with E-state index in [0.717, 1.165) is 53.9 Å². The topological polar surface area (TPSA) is 106 Å². The van der Waals surface area contributed by atoms with E-state index in [2.05, 4.69) is 16.0 Å². The zero-order valence-electron chi connectivity index (χ0n) is 24.4. The van der Waals surface area contributed by atoms with E-state index in [-0.39, 0.29) is 25.3 Å². The van der Waals surface area contributed by atoms with Crippen molar-refractivity contribution in [1.29, 1.82) is 5.26 Å². The quantitative estimate of drug-likeness (QED) is 0.218. The largest absolute Gasteiger partial charge is 0.488 e. The van der Waals surface area contributed by atoms with Gasteiger partial charge in [-0.15, -0.1) is 0 Å². The predicted octanol–water partition coefficient (Wildman–Crippen LogP) is 5.85. The van der Waals surface area contributed by atoms with Crippen LogP contribution in [0.25, 0.3) is 11.1 Å². The molecular formula is C34H36ClN5O3. The third kappa shape index (κ3) is 7.44. The summed E-state index contributed by atoms with van der Waals surface area (Å²) in [5.74, 6) is 1.01. The maximum absolute atomic E-state index is 13.4. The van der Waals surface area contributed by atoms with Crippen LogP contribution in [0.1, 0.15) is 47.1 Å². The van der Waals surface area contributed by atoms with Crippen LogP contribution in [-0.2, 0) is 26.3 Å². The Morgan fingerprint density at radius 2 is 1.77 bits per heavy atom. The summed E-state index contributed by atoms with van der Waals surface area (Å²) in [6.07, 6.45) is 8.53. The number of halogens is 1. The zero-order valence-corrected chi connectivity index (χ0v) is 25.1. The van der Waals surface area contributed by atoms with Crippen LogP contribution in [0.2, 0.25) is 5.02 Å². The van der Waals surface area contributed by atoms with Crippen molar-refractivity contribution >= 4 is 11.6 Å². The fourth-order valence-electron chi connectivity index (χ4n) is 5.45. The highest BCUT2D eigenvalue weighted by Gasteiger charge is 2.15. The maximum atomic E-state index is 13.4. The Morgan fingerprint density at radius 3 is 2.56 bits per heavy atom. The molecule has 1 aliphatic heterocycles. The Labute approximate surface area is 257 Å². The second-order valence-corrected chi connectivity index (χ2v) is 11.2. The van der Waals surface area contributed by atoms with Crippen molar-refractivity contribution in [2.75, 3.05) is 19.6 Å². The first-order valence-corrected chi connectivity index (χ1v) is 15.0. The van der Waals surface area contributed by atoms with Crippen LogP contribution < -0.4 is 20.8 Å². The highest BCUT2D eigenvalue weighted by molar-refractivity contribution is 6.32. The van der Waals surface area contributed by atoms with Gasteiger partial charge in [-0.2, -0.15) is 5.26 Å². The van der Waals surface area contributed by atoms with Crippen LogP contribution in [0.5, 0.6) is 11.5 Å². The third-order valence-corrected chi connectivity index (χ3v) is 8.16. The van der Waals surface area contributed by atoms with Gasteiger partial charge in [0.25, 0.3) is 5.56 Å². The lowest BCUT2D eigenvalue weighted by Gasteiger charge is -2.17. The zero-order chi connectivity index (χ0) is 30.2. The molecule has 3 heterocycles. The van der Waals surface area contributed by atoms with E-state index in [4.69, 9.17) is 32.1 Å². The van der Waals surface area contributed by atoms with E-state index in [0.29, 0.717) is 34.2 Å². The third-order valence-electron chi connectivity index (χ3n) is 7.86. The first-order chi connectivity index (χ1) is 21.0. The SMILES string of the molecule is Cc1c(COc2cc(OCc3cncc(C#N)c3)c(CN)cc2Cl)cccc1-c1cccn(CCCN2CCCC2)c1=O. The summed E-state index contributed by atoms with van der Waals surface area (Å²) >= 11 is 6.56. The summed E-state index contributed by atoms with van der Waals surface area (Å²) < 4.78 is 14.0. The molecule has 0 radical (unpaired) electrons. The van der Waals surface area contributed by atoms with Gasteiger partial charge in [0.2, 0.25) is 0 Å². The fraction of sp³-hybridized carbons (Fsp3) is 0.324. The van der Waals surface area contributed by atoms with Crippen LogP contribution >= 0.6 is 11.6 Å². The van der Waals surface area contributed by atoms with Crippen molar-refractivity contribution in [3.05, 3.63) is 110 Å². The van der Waals surface area contributed by atoms with Crippen molar-refractivity contribution in [2.24, 2.45) is 5.73 Å². The number of nitrogens with two attached hydrogens (primary N) is 1. The molecule has 0 aliphatic carbocycles. The van der Waals surface area contributed by atoms with E-state index in [1.165, 1.54) is 19.0 Å². The molecular weight excluding hydrogens is 562 g/mol. The number of aromatic nitrogens is 2. The summed E-state index contributed by atoms with van der Waals surface area (Å²) in [6, 6.07) is 17.1. The molecule has 0 bridgehead atoms. The molecule has 9 heteroatoms. The molecule has 2 aromatic carbocycles. The standard InChI is InChI=1S/C34H36ClN5O3/c1-24-27(7-4-8-29(24)30-9-5-13-40(34(30)41)14-6-12-39-10-2-3-11-39)23-43-33-17-32(28(19-37)16-31(33)35)42-22-26-15-25(18-36)20-38-21-26/h4-5,7-9,13,15-17,20-21H,2-3,6,10-12,14,19,22-23,37H2,1H3. The number of aryl methyl sites for hydroxylation is 1. The first-order valence-electron chi connectivity index (χ1n) is 14.6. The first kappa shape index (κ1) is 30.3. The molecule has 4 aromatic rings. The smallest absolute Gasteiger partial charge is 0.258 e. The lowest BCUT2D eigenvalue weighted by atomic mass is 9.97. The second-order valence-electron chi connectivity index (χ2n) is 10.8. The van der Waals surface area contributed by atoms with Crippen LogP contribution in [0.15, 0.2) is 71.9 Å². The molecule has 1 fully saturated rings. The average Bonchev–Trinajstić information content (AvgIpc) is 3.55. The van der Waals surface area contributed by atoms with Crippen LogP contribution in [0.4, 0.5) is 0 Å². The van der Waals surface area contributed by atoms with Gasteiger partial charge in [0.15, 0.2) is 0 Å². The molecule has 1 aliphatic rings. The Kier molecular flexibility index (Phi) is 10.1. The number of likely N-dealkylation sites (tertiary alicyclic amines) is 1. The molecule has 0 amide bonds. The van der Waals surface area contributed by atoms with Crippen LogP contribution in [0, 0.1) is 18.3 Å². The minimum absolute atomic E-state index is 0.0165. The molecule has 1 saturated heterocycles. The fourth-order valence-corrected chi connectivity index (χ4v) is 5.69. The Morgan fingerprint density at radius 1 is 0.977 bits per heavy atom. The monoisotopic (exact) mass is 597 g/mol. The minimum Gasteiger partial charge on any atom is -0.488 e. The lowest BCUT2D eigenvalue weighted by molar-refractivity contribution is 0.287. The van der Waals surface area contributed by atoms with Gasteiger partial charge in [-0.1, -0.05) is 29.8 Å². The number of hydrogen-bond acceptors (Lipinski definition) is 7. The van der Waals surface area contributed by atoms with Crippen LogP contribution in [0.3, 0.4) is 0 Å². The van der Waals surface area contributed by atoms with Gasteiger partial charge in [-0.3, -0.25) is 9.78 Å². The van der Waals surface area contributed by atoms with E-state index >= 15 is 0 Å². The van der Waals surface area contributed by atoms with Crippen molar-refractivity contribution in [1.82, 2.24) is 14.5 Å². The number of nitriles is 1. The summed E-state index contributed by atoms with van der Waals surface area (Å²) in [4.78, 5) is 20.0. The van der Waals surface area contributed by atoms with Gasteiger partial charge in [0.1, 0.15) is 30.8 Å². The van der Waals surface area contributed by atoms with E-state index in [9.17, 15) is 4.79 Å². The highest BCUT2D eigenvalue weighted by atomic mass is 35.5. The van der Waals surface area contributed by atoms with E-state index in [1.54, 1.807) is 24.4 Å². The predicted molar refractivity (Wildman–Crippen MR) is 168 cm³/mol. The molecule has 8 nitrogen and oxygen atoms in total. The van der Waals surface area contributed by atoms with E-state index in [1.807, 2.05) is 48.0 Å². The molecule has 2 N–H and O–H groups in total. The molecule has 0 atom stereocenters. The van der Waals surface area contributed by atoms with Gasteiger partial charge in [-0.05, 0) is 86.8 Å². The van der Waals surface area contributed by atoms with E-state index < -0.39 is 0 Å². The van der Waals surface area contributed by atoms with Crippen molar-refractivity contribution < 1.29 is 9.47 Å². The van der Waals surface area contributed by atoms with Gasteiger partial charge < -0.3 is 24.7 Å². The maximum Gasteiger partial charge on any atom is 0.258 e. The van der Waals surface area contributed by atoms with Gasteiger partial charge in [0, 0.05) is 54.4 Å². The number of hydrogen-bond donors (Lipinski definition) is 1. The molecule has 0 unspecified atom stereocenters. The molecule has 0 spiro atoms. The molecule has 222 valence electrons. The number of pyridine rings is 2. The van der Waals surface area contributed by atoms with Crippen LogP contribution in [-0.4, -0.2) is 34.1 Å².